The number of benzene rings is 2. The van der Waals surface area contributed by atoms with E-state index in [1.165, 1.54) is 39.9 Å². The number of carbonyl (C=O) groups is 1. The zero-order valence-electron chi connectivity index (χ0n) is 21.6. The van der Waals surface area contributed by atoms with Gasteiger partial charge in [0.25, 0.3) is 5.91 Å². The minimum Gasteiger partial charge on any atom is -0.493 e. The summed E-state index contributed by atoms with van der Waals surface area (Å²) in [6.07, 6.45) is 1.88. The van der Waals surface area contributed by atoms with Gasteiger partial charge in [0.15, 0.2) is 16.3 Å². The summed E-state index contributed by atoms with van der Waals surface area (Å²) in [7, 11) is -0.446. The second kappa shape index (κ2) is 11.8. The maximum Gasteiger partial charge on any atom is 0.279 e. The first-order valence-electron chi connectivity index (χ1n) is 12.3. The van der Waals surface area contributed by atoms with Gasteiger partial charge in [-0.1, -0.05) is 18.3 Å². The number of nitrogens with zero attached hydrogens (tertiary/aromatic N) is 3. The quantitative estimate of drug-likeness (QED) is 0.377. The lowest BCUT2D eigenvalue weighted by molar-refractivity contribution is 0.0996. The van der Waals surface area contributed by atoms with Gasteiger partial charge < -0.3 is 18.8 Å². The van der Waals surface area contributed by atoms with Crippen molar-refractivity contribution in [3.05, 3.63) is 46.8 Å². The molecule has 1 fully saturated rings. The summed E-state index contributed by atoms with van der Waals surface area (Å²) in [5.74, 6) is 1.05. The number of carbonyl (C=O) groups excluding carboxylic acids is 1. The monoisotopic (exact) mass is 547 g/mol. The summed E-state index contributed by atoms with van der Waals surface area (Å²) in [4.78, 5) is 18.2. The Morgan fingerprint density at radius 3 is 2.49 bits per heavy atom. The van der Waals surface area contributed by atoms with E-state index in [0.29, 0.717) is 60.6 Å². The van der Waals surface area contributed by atoms with Gasteiger partial charge in [-0.15, -0.1) is 0 Å². The van der Waals surface area contributed by atoms with Gasteiger partial charge in [0.1, 0.15) is 0 Å². The highest BCUT2D eigenvalue weighted by molar-refractivity contribution is 7.89. The molecule has 2 heterocycles. The molecular weight excluding hydrogens is 514 g/mol. The number of methoxy groups -OCH3 is 2. The molecule has 0 bridgehead atoms. The first kappa shape index (κ1) is 27.3. The molecule has 1 unspecified atom stereocenters. The lowest BCUT2D eigenvalue weighted by Crippen LogP contribution is -2.39. The molecule has 1 aliphatic heterocycles. The molecule has 0 N–H and O–H groups in total. The smallest absolute Gasteiger partial charge is 0.279 e. The summed E-state index contributed by atoms with van der Waals surface area (Å²) in [6, 6.07) is 9.75. The van der Waals surface area contributed by atoms with Crippen molar-refractivity contribution in [2.45, 2.75) is 38.1 Å². The zero-order valence-corrected chi connectivity index (χ0v) is 23.2. The Kier molecular flexibility index (Phi) is 8.68. The molecule has 1 atom stereocenters. The van der Waals surface area contributed by atoms with Crippen LogP contribution in [-0.4, -0.2) is 63.7 Å². The Hall–Kier alpha value is -2.73. The fraction of sp³-hybridized carbons (Fsp3) is 0.462. The Bertz CT molecular complexity index is 1430. The van der Waals surface area contributed by atoms with Gasteiger partial charge in [0, 0.05) is 43.9 Å². The highest BCUT2D eigenvalue weighted by Crippen LogP contribution is 2.33. The number of hydrogen-bond donors (Lipinski definition) is 0. The standard InChI is InChI=1S/C26H33N3O6S2/c1-5-35-14-13-29-21-15-22(33-3)23(34-4)16-24(21)36-26(29)27-25(30)19-8-10-20(11-9-19)37(31,32)28-12-6-7-18(2)17-28/h8-11,15-16,18H,5-7,12-14,17H2,1-4H3. The third-order valence-electron chi connectivity index (χ3n) is 6.41. The van der Waals surface area contributed by atoms with Crippen LogP contribution in [-0.2, 0) is 21.3 Å². The van der Waals surface area contributed by atoms with Crippen LogP contribution in [0.4, 0.5) is 0 Å². The van der Waals surface area contributed by atoms with Crippen LogP contribution in [0.2, 0.25) is 0 Å². The summed E-state index contributed by atoms with van der Waals surface area (Å²) in [6.45, 7) is 6.56. The second-order valence-corrected chi connectivity index (χ2v) is 11.9. The summed E-state index contributed by atoms with van der Waals surface area (Å²) >= 11 is 1.36. The van der Waals surface area contributed by atoms with Crippen LogP contribution >= 0.6 is 11.3 Å². The third-order valence-corrected chi connectivity index (χ3v) is 9.33. The minimum absolute atomic E-state index is 0.186. The molecule has 1 amide bonds. The van der Waals surface area contributed by atoms with Crippen molar-refractivity contribution in [1.82, 2.24) is 8.87 Å². The minimum atomic E-state index is -3.59. The first-order valence-corrected chi connectivity index (χ1v) is 14.6. The van der Waals surface area contributed by atoms with Crippen molar-refractivity contribution in [3.63, 3.8) is 0 Å². The number of rotatable bonds is 9. The average molecular weight is 548 g/mol. The molecule has 2 aromatic carbocycles. The maximum absolute atomic E-state index is 13.1. The highest BCUT2D eigenvalue weighted by atomic mass is 32.2. The van der Waals surface area contributed by atoms with Crippen molar-refractivity contribution in [2.24, 2.45) is 10.9 Å². The number of piperidine rings is 1. The Morgan fingerprint density at radius 2 is 1.84 bits per heavy atom. The molecule has 1 aromatic heterocycles. The molecule has 11 heteroatoms. The highest BCUT2D eigenvalue weighted by Gasteiger charge is 2.28. The van der Waals surface area contributed by atoms with Gasteiger partial charge in [0.2, 0.25) is 10.0 Å². The molecule has 37 heavy (non-hydrogen) atoms. The van der Waals surface area contributed by atoms with Gasteiger partial charge in [-0.2, -0.15) is 9.30 Å². The lowest BCUT2D eigenvalue weighted by atomic mass is 10.0. The van der Waals surface area contributed by atoms with E-state index >= 15 is 0 Å². The first-order chi connectivity index (χ1) is 17.8. The normalized spacial score (nSPS) is 17.3. The van der Waals surface area contributed by atoms with E-state index in [2.05, 4.69) is 11.9 Å². The van der Waals surface area contributed by atoms with Gasteiger partial charge in [0.05, 0.1) is 35.9 Å². The predicted octanol–water partition coefficient (Wildman–Crippen LogP) is 3.92. The third kappa shape index (κ3) is 5.90. The number of fused-ring (bicyclic) bond motifs is 1. The molecule has 0 aliphatic carbocycles. The zero-order chi connectivity index (χ0) is 26.6. The van der Waals surface area contributed by atoms with Crippen molar-refractivity contribution in [3.8, 4) is 11.5 Å². The summed E-state index contributed by atoms with van der Waals surface area (Å²) in [5, 5.41) is 0. The van der Waals surface area contributed by atoms with E-state index < -0.39 is 15.9 Å². The topological polar surface area (TPSA) is 99.4 Å². The van der Waals surface area contributed by atoms with Gasteiger partial charge in [-0.05, 0) is 49.9 Å². The molecule has 200 valence electrons. The molecular formula is C26H33N3O6S2. The van der Waals surface area contributed by atoms with E-state index in [4.69, 9.17) is 14.2 Å². The summed E-state index contributed by atoms with van der Waals surface area (Å²) in [5.41, 5.74) is 1.17. The molecule has 1 saturated heterocycles. The summed E-state index contributed by atoms with van der Waals surface area (Å²) < 4.78 is 46.9. The van der Waals surface area contributed by atoms with Gasteiger partial charge in [-0.25, -0.2) is 8.42 Å². The van der Waals surface area contributed by atoms with Crippen LogP contribution in [0.5, 0.6) is 11.5 Å². The number of aromatic nitrogens is 1. The molecule has 3 aromatic rings. The van der Waals surface area contributed by atoms with Crippen molar-refractivity contribution in [1.29, 1.82) is 0 Å². The SMILES string of the molecule is CCOCCn1c(=NC(=O)c2ccc(S(=O)(=O)N3CCCC(C)C3)cc2)sc2cc(OC)c(OC)cc21. The molecule has 0 spiro atoms. The number of hydrogen-bond acceptors (Lipinski definition) is 7. The number of thiazole rings is 1. The molecule has 4 rings (SSSR count). The molecule has 1 aliphatic rings. The molecule has 9 nitrogen and oxygen atoms in total. The van der Waals surface area contributed by atoms with E-state index in [0.717, 1.165) is 23.1 Å². The van der Waals surface area contributed by atoms with Crippen molar-refractivity contribution in [2.75, 3.05) is 40.5 Å². The molecule has 0 radical (unpaired) electrons. The molecule has 0 saturated carbocycles. The van der Waals surface area contributed by atoms with Gasteiger partial charge in [-0.3, -0.25) is 4.79 Å². The second-order valence-electron chi connectivity index (χ2n) is 8.96. The van der Waals surface area contributed by atoms with E-state index in [1.54, 1.807) is 14.2 Å². The number of ether oxygens (including phenoxy) is 3. The van der Waals surface area contributed by atoms with Crippen LogP contribution in [0, 0.1) is 5.92 Å². The van der Waals surface area contributed by atoms with E-state index in [-0.39, 0.29) is 4.90 Å². The van der Waals surface area contributed by atoms with Crippen LogP contribution in [0.15, 0.2) is 46.3 Å². The van der Waals surface area contributed by atoms with E-state index in [9.17, 15) is 13.2 Å². The van der Waals surface area contributed by atoms with Crippen LogP contribution in [0.1, 0.15) is 37.0 Å². The Balaban J connectivity index is 1.67. The average Bonchev–Trinajstić information content (AvgIpc) is 3.23. The fourth-order valence-electron chi connectivity index (χ4n) is 4.43. The number of sulfonamides is 1. The van der Waals surface area contributed by atoms with Crippen LogP contribution in [0.3, 0.4) is 0 Å². The van der Waals surface area contributed by atoms with Crippen LogP contribution in [0.25, 0.3) is 10.2 Å². The van der Waals surface area contributed by atoms with Gasteiger partial charge >= 0.3 is 0 Å². The van der Waals surface area contributed by atoms with Crippen molar-refractivity contribution >= 4 is 37.5 Å². The Labute approximate surface area is 221 Å². The van der Waals surface area contributed by atoms with Crippen molar-refractivity contribution < 1.29 is 27.4 Å². The predicted molar refractivity (Wildman–Crippen MR) is 143 cm³/mol. The maximum atomic E-state index is 13.1. The fourth-order valence-corrected chi connectivity index (χ4v) is 7.10. The number of amides is 1. The Morgan fingerprint density at radius 1 is 1.14 bits per heavy atom. The largest absolute Gasteiger partial charge is 0.493 e. The van der Waals surface area contributed by atoms with Crippen LogP contribution < -0.4 is 14.3 Å². The lowest BCUT2D eigenvalue weighted by Gasteiger charge is -2.30. The van der Waals surface area contributed by atoms with E-state index in [1.807, 2.05) is 23.6 Å².